The summed E-state index contributed by atoms with van der Waals surface area (Å²) in [4.78, 5) is 22.1. The van der Waals surface area contributed by atoms with Gasteiger partial charge in [0.2, 0.25) is 0 Å². The molecule has 0 aliphatic rings. The van der Waals surface area contributed by atoms with Gasteiger partial charge >= 0.3 is 5.97 Å². The van der Waals surface area contributed by atoms with Gasteiger partial charge in [-0.2, -0.15) is 0 Å². The zero-order chi connectivity index (χ0) is 21.4. The maximum Gasteiger partial charge on any atom is 0.335 e. The van der Waals surface area contributed by atoms with Gasteiger partial charge in [-0.05, 0) is 36.8 Å². The topological polar surface area (TPSA) is 75.1 Å². The highest BCUT2D eigenvalue weighted by molar-refractivity contribution is 7.19. The van der Waals surface area contributed by atoms with Crippen LogP contribution in [0.1, 0.15) is 20.8 Å². The van der Waals surface area contributed by atoms with Crippen molar-refractivity contribution in [3.8, 4) is 11.4 Å². The number of hydrogen-bond donors (Lipinski definition) is 2. The molecule has 0 spiro atoms. The molecule has 2 heterocycles. The molecule has 152 valence electrons. The number of anilines is 1. The fourth-order valence-electron chi connectivity index (χ4n) is 2.93. The Labute approximate surface area is 191 Å². The van der Waals surface area contributed by atoms with Crippen LogP contribution in [0.2, 0.25) is 15.1 Å². The van der Waals surface area contributed by atoms with Crippen molar-refractivity contribution in [2.24, 2.45) is 0 Å². The highest BCUT2D eigenvalue weighted by Gasteiger charge is 2.17. The maximum absolute atomic E-state index is 11.1. The maximum atomic E-state index is 11.1. The summed E-state index contributed by atoms with van der Waals surface area (Å²) in [5, 5.41) is 14.8. The quantitative estimate of drug-likeness (QED) is 0.325. The van der Waals surface area contributed by atoms with Crippen molar-refractivity contribution < 1.29 is 9.90 Å². The van der Waals surface area contributed by atoms with E-state index in [-0.39, 0.29) is 5.56 Å². The molecule has 0 unspecified atom stereocenters. The highest BCUT2D eigenvalue weighted by Crippen LogP contribution is 2.39. The Bertz CT molecular complexity index is 1270. The SMILES string of the molecule is Cc1sc2nc(-c3ccc(C(=O)O)cc3)nc(NCc3ccc(Cl)c(Cl)c3)c2c1Cl. The van der Waals surface area contributed by atoms with Gasteiger partial charge in [0, 0.05) is 17.0 Å². The first kappa shape index (κ1) is 20.9. The second-order valence-corrected chi connectivity index (χ2v) is 8.93. The number of carbonyl (C=O) groups is 1. The molecule has 0 atom stereocenters. The minimum Gasteiger partial charge on any atom is -0.478 e. The van der Waals surface area contributed by atoms with Gasteiger partial charge < -0.3 is 10.4 Å². The normalized spacial score (nSPS) is 11.1. The first-order valence-electron chi connectivity index (χ1n) is 8.81. The lowest BCUT2D eigenvalue weighted by Gasteiger charge is -2.10. The summed E-state index contributed by atoms with van der Waals surface area (Å²) in [6, 6.07) is 11.9. The summed E-state index contributed by atoms with van der Waals surface area (Å²) >= 11 is 20.1. The molecule has 0 saturated carbocycles. The number of nitrogens with zero attached hydrogens (tertiary/aromatic N) is 2. The van der Waals surface area contributed by atoms with Crippen LogP contribution in [0, 0.1) is 6.92 Å². The summed E-state index contributed by atoms with van der Waals surface area (Å²) in [6.45, 7) is 2.39. The number of aryl methyl sites for hydroxylation is 1. The van der Waals surface area contributed by atoms with Crippen LogP contribution in [0.15, 0.2) is 42.5 Å². The lowest BCUT2D eigenvalue weighted by molar-refractivity contribution is 0.0697. The molecule has 0 amide bonds. The van der Waals surface area contributed by atoms with E-state index < -0.39 is 5.97 Å². The zero-order valence-electron chi connectivity index (χ0n) is 15.5. The number of hydrogen-bond acceptors (Lipinski definition) is 5. The van der Waals surface area contributed by atoms with E-state index in [1.165, 1.54) is 23.5 Å². The molecule has 2 N–H and O–H groups in total. The first-order chi connectivity index (χ1) is 14.3. The fraction of sp³-hybridized carbons (Fsp3) is 0.0952. The number of aromatic carboxylic acids is 1. The lowest BCUT2D eigenvalue weighted by atomic mass is 10.1. The van der Waals surface area contributed by atoms with E-state index in [1.807, 2.05) is 13.0 Å². The van der Waals surface area contributed by atoms with Gasteiger partial charge in [0.25, 0.3) is 0 Å². The first-order valence-corrected chi connectivity index (χ1v) is 10.8. The molecule has 0 radical (unpaired) electrons. The molecule has 4 aromatic rings. The van der Waals surface area contributed by atoms with Crippen LogP contribution in [0.4, 0.5) is 5.82 Å². The van der Waals surface area contributed by atoms with E-state index in [9.17, 15) is 4.79 Å². The van der Waals surface area contributed by atoms with E-state index in [2.05, 4.69) is 15.3 Å². The minimum atomic E-state index is -0.984. The Hall–Kier alpha value is -2.38. The van der Waals surface area contributed by atoms with Gasteiger partial charge in [0.1, 0.15) is 10.6 Å². The molecule has 5 nitrogen and oxygen atoms in total. The van der Waals surface area contributed by atoms with Crippen molar-refractivity contribution in [3.05, 3.63) is 73.5 Å². The van der Waals surface area contributed by atoms with E-state index in [1.54, 1.807) is 24.3 Å². The van der Waals surface area contributed by atoms with E-state index in [4.69, 9.17) is 39.9 Å². The van der Waals surface area contributed by atoms with Gasteiger partial charge in [-0.3, -0.25) is 0 Å². The summed E-state index contributed by atoms with van der Waals surface area (Å²) < 4.78 is 0. The van der Waals surface area contributed by atoms with E-state index in [0.717, 1.165) is 20.7 Å². The monoisotopic (exact) mass is 477 g/mol. The van der Waals surface area contributed by atoms with Crippen LogP contribution in [0.25, 0.3) is 21.6 Å². The Morgan fingerprint density at radius 2 is 1.80 bits per heavy atom. The Kier molecular flexibility index (Phi) is 5.84. The molecule has 9 heteroatoms. The summed E-state index contributed by atoms with van der Waals surface area (Å²) in [6.07, 6.45) is 0. The van der Waals surface area contributed by atoms with Crippen molar-refractivity contribution in [2.75, 3.05) is 5.32 Å². The second kappa shape index (κ2) is 8.40. The van der Waals surface area contributed by atoms with Gasteiger partial charge in [-0.25, -0.2) is 14.8 Å². The Balaban J connectivity index is 1.74. The third kappa shape index (κ3) is 4.09. The van der Waals surface area contributed by atoms with Crippen LogP contribution in [0.5, 0.6) is 0 Å². The van der Waals surface area contributed by atoms with E-state index in [0.29, 0.717) is 38.8 Å². The van der Waals surface area contributed by atoms with Crippen LogP contribution in [-0.2, 0) is 6.54 Å². The average Bonchev–Trinajstić information content (AvgIpc) is 3.02. The second-order valence-electron chi connectivity index (χ2n) is 6.53. The number of benzene rings is 2. The fourth-order valence-corrected chi connectivity index (χ4v) is 4.52. The summed E-state index contributed by atoms with van der Waals surface area (Å²) in [7, 11) is 0. The van der Waals surface area contributed by atoms with Gasteiger partial charge in [0.05, 0.1) is 26.0 Å². The zero-order valence-corrected chi connectivity index (χ0v) is 18.6. The number of nitrogens with one attached hydrogen (secondary N) is 1. The molecule has 0 fully saturated rings. The molecular formula is C21H14Cl3N3O2S. The number of halogens is 3. The number of carboxylic acids is 1. The minimum absolute atomic E-state index is 0.202. The largest absolute Gasteiger partial charge is 0.478 e. The van der Waals surface area contributed by atoms with Crippen LogP contribution in [0.3, 0.4) is 0 Å². The predicted octanol–water partition coefficient (Wildman–Crippen LogP) is 6.94. The summed E-state index contributed by atoms with van der Waals surface area (Å²) in [5.41, 5.74) is 1.85. The van der Waals surface area contributed by atoms with Gasteiger partial charge in [-0.15, -0.1) is 11.3 Å². The van der Waals surface area contributed by atoms with E-state index >= 15 is 0 Å². The predicted molar refractivity (Wildman–Crippen MR) is 123 cm³/mol. The number of rotatable bonds is 5. The molecule has 2 aromatic heterocycles. The number of thiophene rings is 1. The van der Waals surface area contributed by atoms with Crippen molar-refractivity contribution in [3.63, 3.8) is 0 Å². The third-order valence-corrected chi connectivity index (χ3v) is 6.81. The van der Waals surface area contributed by atoms with Crippen molar-refractivity contribution >= 4 is 68.1 Å². The molecule has 30 heavy (non-hydrogen) atoms. The molecule has 0 bridgehead atoms. The van der Waals surface area contributed by atoms with Crippen molar-refractivity contribution in [2.45, 2.75) is 13.5 Å². The number of aromatic nitrogens is 2. The van der Waals surface area contributed by atoms with Crippen LogP contribution >= 0.6 is 46.1 Å². The van der Waals surface area contributed by atoms with Crippen LogP contribution < -0.4 is 5.32 Å². The van der Waals surface area contributed by atoms with Crippen molar-refractivity contribution in [1.82, 2.24) is 9.97 Å². The smallest absolute Gasteiger partial charge is 0.335 e. The molecular weight excluding hydrogens is 465 g/mol. The molecule has 0 saturated heterocycles. The van der Waals surface area contributed by atoms with Crippen molar-refractivity contribution in [1.29, 1.82) is 0 Å². The standard InChI is InChI=1S/C21H14Cl3N3O2S/c1-10-17(24)16-19(25-9-11-2-7-14(22)15(23)8-11)26-18(27-20(16)30-10)12-3-5-13(6-4-12)21(28)29/h2-8H,9H2,1H3,(H,28,29)(H,25,26,27). The lowest BCUT2D eigenvalue weighted by Crippen LogP contribution is -2.04. The van der Waals surface area contributed by atoms with Crippen LogP contribution in [-0.4, -0.2) is 21.0 Å². The van der Waals surface area contributed by atoms with Gasteiger partial charge in [0.15, 0.2) is 5.82 Å². The number of fused-ring (bicyclic) bond motifs is 1. The Morgan fingerprint density at radius 3 is 2.47 bits per heavy atom. The third-order valence-electron chi connectivity index (χ3n) is 4.49. The average molecular weight is 479 g/mol. The molecule has 2 aromatic carbocycles. The molecule has 4 rings (SSSR count). The molecule has 0 aliphatic carbocycles. The van der Waals surface area contributed by atoms with Gasteiger partial charge in [-0.1, -0.05) is 53.0 Å². The number of carboxylic acid groups (broad SMARTS) is 1. The molecule has 0 aliphatic heterocycles. The Morgan fingerprint density at radius 1 is 1.07 bits per heavy atom. The highest BCUT2D eigenvalue weighted by atomic mass is 35.5. The summed E-state index contributed by atoms with van der Waals surface area (Å²) in [5.74, 6) is 0.0919.